The molecule has 0 radical (unpaired) electrons. The number of imide groups is 1. The number of carbonyl (C=O) groups is 2. The van der Waals surface area contributed by atoms with Gasteiger partial charge in [0.25, 0.3) is 0 Å². The number of nitrogens with one attached hydrogen (secondary N) is 2. The fourth-order valence-electron chi connectivity index (χ4n) is 2.70. The largest absolute Gasteiger partial charge is 0.325 e. The summed E-state index contributed by atoms with van der Waals surface area (Å²) >= 11 is 1.19. The number of rotatable bonds is 5. The summed E-state index contributed by atoms with van der Waals surface area (Å²) in [7, 11) is 0. The van der Waals surface area contributed by atoms with Crippen molar-refractivity contribution in [2.45, 2.75) is 25.9 Å². The molecule has 0 spiro atoms. The summed E-state index contributed by atoms with van der Waals surface area (Å²) < 4.78 is 0. The average Bonchev–Trinajstić information content (AvgIpc) is 2.70. The highest BCUT2D eigenvalue weighted by molar-refractivity contribution is 7.99. The number of thioether (sulfide) groups is 1. The third-order valence-electron chi connectivity index (χ3n) is 4.34. The van der Waals surface area contributed by atoms with E-state index in [0.29, 0.717) is 10.8 Å². The van der Waals surface area contributed by atoms with Crippen molar-refractivity contribution in [3.05, 3.63) is 71.4 Å². The predicted octanol–water partition coefficient (Wildman–Crippen LogP) is 4.51. The molecule has 6 nitrogen and oxygen atoms in total. The van der Waals surface area contributed by atoms with Gasteiger partial charge in [-0.1, -0.05) is 54.2 Å². The van der Waals surface area contributed by atoms with E-state index in [2.05, 4.69) is 20.6 Å². The van der Waals surface area contributed by atoms with Gasteiger partial charge in [-0.05, 0) is 44.0 Å². The Morgan fingerprint density at radius 3 is 2.48 bits per heavy atom. The molecule has 3 amide bonds. The van der Waals surface area contributed by atoms with Gasteiger partial charge < -0.3 is 5.32 Å². The molecule has 0 aliphatic rings. The molecule has 0 fully saturated rings. The minimum Gasteiger partial charge on any atom is -0.307 e. The van der Waals surface area contributed by atoms with Crippen LogP contribution in [0.25, 0.3) is 11.3 Å². The smallest absolute Gasteiger partial charge is 0.307 e. The number of hydrogen-bond acceptors (Lipinski definition) is 5. The van der Waals surface area contributed by atoms with Crippen molar-refractivity contribution < 1.29 is 9.59 Å². The van der Waals surface area contributed by atoms with Gasteiger partial charge in [-0.2, -0.15) is 0 Å². The highest BCUT2D eigenvalue weighted by atomic mass is 32.2. The summed E-state index contributed by atoms with van der Waals surface area (Å²) in [6, 6.07) is 16.7. The van der Waals surface area contributed by atoms with Crippen LogP contribution in [0.15, 0.2) is 59.8 Å². The number of benzene rings is 2. The number of anilines is 1. The van der Waals surface area contributed by atoms with E-state index in [4.69, 9.17) is 0 Å². The van der Waals surface area contributed by atoms with Crippen molar-refractivity contribution in [1.29, 1.82) is 0 Å². The Balaban J connectivity index is 1.58. The Hall–Kier alpha value is -3.19. The molecule has 3 aromatic rings. The van der Waals surface area contributed by atoms with E-state index in [1.54, 1.807) is 6.07 Å². The Morgan fingerprint density at radius 2 is 1.72 bits per heavy atom. The lowest BCUT2D eigenvalue weighted by Gasteiger charge is -2.11. The van der Waals surface area contributed by atoms with Crippen LogP contribution in [0.3, 0.4) is 0 Å². The topological polar surface area (TPSA) is 84.0 Å². The van der Waals surface area contributed by atoms with Gasteiger partial charge in [0.1, 0.15) is 0 Å². The third kappa shape index (κ3) is 5.65. The lowest BCUT2D eigenvalue weighted by molar-refractivity contribution is -0.117. The molecule has 0 atom stereocenters. The van der Waals surface area contributed by atoms with E-state index in [1.165, 1.54) is 11.8 Å². The van der Waals surface area contributed by atoms with Gasteiger partial charge >= 0.3 is 6.03 Å². The molecule has 29 heavy (non-hydrogen) atoms. The Kier molecular flexibility index (Phi) is 6.61. The number of nitrogens with zero attached hydrogens (tertiary/aromatic N) is 2. The zero-order valence-electron chi connectivity index (χ0n) is 16.5. The number of urea groups is 1. The van der Waals surface area contributed by atoms with Crippen LogP contribution in [-0.4, -0.2) is 27.7 Å². The van der Waals surface area contributed by atoms with Crippen molar-refractivity contribution in [1.82, 2.24) is 15.3 Å². The first-order chi connectivity index (χ1) is 13.9. The molecule has 2 N–H and O–H groups in total. The minimum absolute atomic E-state index is 0.0396. The fraction of sp³-hybridized carbons (Fsp3) is 0.182. The lowest BCUT2D eigenvalue weighted by Crippen LogP contribution is -2.35. The predicted molar refractivity (Wildman–Crippen MR) is 116 cm³/mol. The van der Waals surface area contributed by atoms with Crippen LogP contribution in [0.1, 0.15) is 16.8 Å². The highest BCUT2D eigenvalue weighted by Crippen LogP contribution is 2.21. The van der Waals surface area contributed by atoms with Crippen molar-refractivity contribution in [3.63, 3.8) is 0 Å². The number of aryl methyl sites for hydroxylation is 2. The second-order valence-electron chi connectivity index (χ2n) is 6.58. The van der Waals surface area contributed by atoms with Crippen LogP contribution in [0.2, 0.25) is 0 Å². The van der Waals surface area contributed by atoms with Crippen LogP contribution in [0, 0.1) is 20.8 Å². The van der Waals surface area contributed by atoms with Crippen molar-refractivity contribution in [2.75, 3.05) is 11.1 Å². The van der Waals surface area contributed by atoms with Crippen LogP contribution >= 0.6 is 11.8 Å². The first-order valence-electron chi connectivity index (χ1n) is 9.13. The van der Waals surface area contributed by atoms with E-state index in [9.17, 15) is 9.59 Å². The molecule has 3 rings (SSSR count). The maximum absolute atomic E-state index is 12.2. The second kappa shape index (κ2) is 9.34. The summed E-state index contributed by atoms with van der Waals surface area (Å²) in [6.45, 7) is 5.77. The molecule has 1 heterocycles. The van der Waals surface area contributed by atoms with E-state index >= 15 is 0 Å². The van der Waals surface area contributed by atoms with Gasteiger partial charge in [0.2, 0.25) is 5.91 Å². The number of hydrogen-bond donors (Lipinski definition) is 2. The Bertz CT molecular complexity index is 1040. The maximum atomic E-state index is 12.2. The summed E-state index contributed by atoms with van der Waals surface area (Å²) in [4.78, 5) is 33.2. The third-order valence-corrected chi connectivity index (χ3v) is 5.19. The molecular formula is C22H22N4O2S. The van der Waals surface area contributed by atoms with E-state index in [1.807, 2.05) is 69.3 Å². The van der Waals surface area contributed by atoms with Gasteiger partial charge in [0.15, 0.2) is 5.16 Å². The Labute approximate surface area is 174 Å². The lowest BCUT2D eigenvalue weighted by atomic mass is 10.1. The zero-order chi connectivity index (χ0) is 20.8. The molecule has 0 unspecified atom stereocenters. The quantitative estimate of drug-likeness (QED) is 0.481. The first kappa shape index (κ1) is 20.5. The van der Waals surface area contributed by atoms with Crippen molar-refractivity contribution in [2.24, 2.45) is 0 Å². The van der Waals surface area contributed by atoms with Gasteiger partial charge in [0, 0.05) is 16.9 Å². The standard InChI is InChI=1S/C22H22N4O2S/c1-14-8-7-11-18(16(14)3)24-21(28)26-20(27)13-29-22-23-15(2)12-19(25-22)17-9-5-4-6-10-17/h4-12H,13H2,1-3H3,(H2,24,26,27,28). The van der Waals surface area contributed by atoms with Gasteiger partial charge in [-0.3, -0.25) is 10.1 Å². The normalized spacial score (nSPS) is 10.4. The van der Waals surface area contributed by atoms with Crippen LogP contribution in [0.4, 0.5) is 10.5 Å². The molecule has 0 saturated carbocycles. The maximum Gasteiger partial charge on any atom is 0.325 e. The van der Waals surface area contributed by atoms with Crippen molar-refractivity contribution in [3.8, 4) is 11.3 Å². The van der Waals surface area contributed by atoms with Gasteiger partial charge in [0.05, 0.1) is 11.4 Å². The summed E-state index contributed by atoms with van der Waals surface area (Å²) in [5, 5.41) is 5.54. The van der Waals surface area contributed by atoms with Crippen molar-refractivity contribution >= 4 is 29.4 Å². The molecule has 1 aromatic heterocycles. The molecular weight excluding hydrogens is 384 g/mol. The fourth-order valence-corrected chi connectivity index (χ4v) is 3.40. The van der Waals surface area contributed by atoms with Crippen LogP contribution in [-0.2, 0) is 4.79 Å². The van der Waals surface area contributed by atoms with Crippen LogP contribution in [0.5, 0.6) is 0 Å². The minimum atomic E-state index is -0.556. The molecule has 148 valence electrons. The molecule has 7 heteroatoms. The van der Waals surface area contributed by atoms with Gasteiger partial charge in [-0.15, -0.1) is 0 Å². The van der Waals surface area contributed by atoms with E-state index < -0.39 is 11.9 Å². The summed E-state index contributed by atoms with van der Waals surface area (Å²) in [5.41, 5.74) is 5.30. The zero-order valence-corrected chi connectivity index (χ0v) is 17.3. The number of aromatic nitrogens is 2. The summed E-state index contributed by atoms with van der Waals surface area (Å²) in [6.07, 6.45) is 0. The second-order valence-corrected chi connectivity index (χ2v) is 7.52. The molecule has 2 aromatic carbocycles. The van der Waals surface area contributed by atoms with Gasteiger partial charge in [-0.25, -0.2) is 14.8 Å². The molecule has 0 saturated heterocycles. The van der Waals surface area contributed by atoms with E-state index in [-0.39, 0.29) is 5.75 Å². The SMILES string of the molecule is Cc1cc(-c2ccccc2)nc(SCC(=O)NC(=O)Nc2cccc(C)c2C)n1. The monoisotopic (exact) mass is 406 g/mol. The average molecular weight is 407 g/mol. The summed E-state index contributed by atoms with van der Waals surface area (Å²) in [5.74, 6) is -0.373. The number of amides is 3. The van der Waals surface area contributed by atoms with E-state index in [0.717, 1.165) is 28.1 Å². The molecule has 0 aliphatic carbocycles. The van der Waals surface area contributed by atoms with Crippen LogP contribution < -0.4 is 10.6 Å². The first-order valence-corrected chi connectivity index (χ1v) is 10.1. The highest BCUT2D eigenvalue weighted by Gasteiger charge is 2.12. The molecule has 0 bridgehead atoms. The number of carbonyl (C=O) groups excluding carboxylic acids is 2. The Morgan fingerprint density at radius 1 is 0.966 bits per heavy atom. The molecule has 0 aliphatic heterocycles.